The maximum atomic E-state index is 10.4. The van der Waals surface area contributed by atoms with Crippen LogP contribution in [0.15, 0.2) is 24.3 Å². The van der Waals surface area contributed by atoms with Gasteiger partial charge in [0.05, 0.1) is 19.2 Å². The summed E-state index contributed by atoms with van der Waals surface area (Å²) in [5.74, 6) is -0.625. The zero-order chi connectivity index (χ0) is 15.8. The number of ether oxygens (including phenoxy) is 2. The molecule has 0 aromatic heterocycles. The molecule has 0 spiro atoms. The summed E-state index contributed by atoms with van der Waals surface area (Å²) in [7, 11) is 0. The minimum absolute atomic E-state index is 0.312. The Kier molecular flexibility index (Phi) is 18.3. The summed E-state index contributed by atoms with van der Waals surface area (Å²) >= 11 is 0. The molecule has 108 valence electrons. The number of rotatable bonds is 4. The van der Waals surface area contributed by atoms with Gasteiger partial charge in [0.1, 0.15) is 0 Å². The third-order valence-corrected chi connectivity index (χ3v) is 1.25. The summed E-state index contributed by atoms with van der Waals surface area (Å²) in [5, 5.41) is 11.2. The Morgan fingerprint density at radius 1 is 0.947 bits per heavy atom. The fourth-order valence-electron chi connectivity index (χ4n) is 0.509. The molecule has 0 aliphatic carbocycles. The van der Waals surface area contributed by atoms with Crippen molar-refractivity contribution in [2.75, 3.05) is 13.2 Å². The SMILES string of the molecule is C=C(C)C(=O)OCC.C=C(C)C(=O)OCC.N=C=N. The Bertz CT molecular complexity index is 315. The van der Waals surface area contributed by atoms with E-state index in [0.29, 0.717) is 24.4 Å². The van der Waals surface area contributed by atoms with E-state index in [1.54, 1.807) is 27.7 Å². The number of hydrogen-bond acceptors (Lipinski definition) is 6. The van der Waals surface area contributed by atoms with Gasteiger partial charge < -0.3 is 9.47 Å². The quantitative estimate of drug-likeness (QED) is 0.465. The fourth-order valence-corrected chi connectivity index (χ4v) is 0.509. The average Bonchev–Trinajstić information content (AvgIpc) is 2.31. The maximum absolute atomic E-state index is 10.4. The molecule has 0 aliphatic rings. The van der Waals surface area contributed by atoms with Gasteiger partial charge in [-0.3, -0.25) is 0 Å². The molecule has 0 unspecified atom stereocenters. The second kappa shape index (κ2) is 15.8. The topological polar surface area (TPSA) is 100 Å². The van der Waals surface area contributed by atoms with Gasteiger partial charge >= 0.3 is 11.9 Å². The number of carbonyl (C=O) groups excluding carboxylic acids is 2. The smallest absolute Gasteiger partial charge is 0.333 e. The zero-order valence-corrected chi connectivity index (χ0v) is 12.0. The normalized spacial score (nSPS) is 7.37. The molecule has 0 amide bonds. The van der Waals surface area contributed by atoms with E-state index >= 15 is 0 Å². The van der Waals surface area contributed by atoms with Crippen molar-refractivity contribution in [3.63, 3.8) is 0 Å². The molecule has 6 heteroatoms. The standard InChI is InChI=1S/2C6H10O2.CH2N2/c2*1-4-8-6(7)5(2)3;2-1-3/h2*2,4H2,1,3H3;2-3H. The van der Waals surface area contributed by atoms with E-state index in [9.17, 15) is 9.59 Å². The summed E-state index contributed by atoms with van der Waals surface area (Å²) in [6.07, 6.45) is 0. The molecule has 0 saturated carbocycles. The van der Waals surface area contributed by atoms with Crippen molar-refractivity contribution in [3.8, 4) is 0 Å². The molecule has 0 aromatic carbocycles. The minimum Gasteiger partial charge on any atom is -0.463 e. The van der Waals surface area contributed by atoms with Crippen LogP contribution in [0, 0.1) is 10.8 Å². The molecule has 0 rings (SSSR count). The van der Waals surface area contributed by atoms with Gasteiger partial charge in [0.25, 0.3) is 0 Å². The van der Waals surface area contributed by atoms with Crippen molar-refractivity contribution in [1.82, 2.24) is 0 Å². The summed E-state index contributed by atoms with van der Waals surface area (Å²) in [5.41, 5.74) is 0.902. The second-order valence-corrected chi connectivity index (χ2v) is 3.13. The van der Waals surface area contributed by atoms with Crippen LogP contribution in [0.25, 0.3) is 0 Å². The molecule has 6 nitrogen and oxygen atoms in total. The van der Waals surface area contributed by atoms with Crippen molar-refractivity contribution in [3.05, 3.63) is 24.3 Å². The number of nitrogens with one attached hydrogen (secondary N) is 2. The van der Waals surface area contributed by atoms with Gasteiger partial charge in [-0.1, -0.05) is 13.2 Å². The molecule has 0 fully saturated rings. The minimum atomic E-state index is -0.312. The van der Waals surface area contributed by atoms with Gasteiger partial charge in [-0.05, 0) is 27.7 Å². The van der Waals surface area contributed by atoms with E-state index in [4.69, 9.17) is 10.8 Å². The van der Waals surface area contributed by atoms with Crippen LogP contribution in [-0.2, 0) is 19.1 Å². The van der Waals surface area contributed by atoms with Crippen LogP contribution in [0.2, 0.25) is 0 Å². The van der Waals surface area contributed by atoms with E-state index in [-0.39, 0.29) is 11.9 Å². The van der Waals surface area contributed by atoms with Gasteiger partial charge in [-0.15, -0.1) is 0 Å². The van der Waals surface area contributed by atoms with E-state index in [0.717, 1.165) is 0 Å². The summed E-state index contributed by atoms with van der Waals surface area (Å²) < 4.78 is 9.13. The third kappa shape index (κ3) is 21.6. The van der Waals surface area contributed by atoms with Crippen molar-refractivity contribution in [1.29, 1.82) is 10.8 Å². The first-order chi connectivity index (χ1) is 8.78. The van der Waals surface area contributed by atoms with Gasteiger partial charge in [-0.25, -0.2) is 20.4 Å². The van der Waals surface area contributed by atoms with Crippen LogP contribution in [-0.4, -0.2) is 31.2 Å². The lowest BCUT2D eigenvalue weighted by Crippen LogP contribution is -2.03. The number of esters is 2. The first kappa shape index (κ1) is 22.0. The van der Waals surface area contributed by atoms with Crippen LogP contribution < -0.4 is 0 Å². The van der Waals surface area contributed by atoms with Gasteiger partial charge in [0.2, 0.25) is 0 Å². The molecule has 19 heavy (non-hydrogen) atoms. The van der Waals surface area contributed by atoms with Crippen LogP contribution in [0.1, 0.15) is 27.7 Å². The van der Waals surface area contributed by atoms with E-state index in [1.165, 1.54) is 6.01 Å². The molecule has 0 aliphatic heterocycles. The summed E-state index contributed by atoms with van der Waals surface area (Å²) in [6, 6.07) is 1.25. The van der Waals surface area contributed by atoms with Crippen molar-refractivity contribution >= 4 is 17.9 Å². The van der Waals surface area contributed by atoms with E-state index < -0.39 is 0 Å². The molecular weight excluding hydrogens is 248 g/mol. The average molecular weight is 270 g/mol. The van der Waals surface area contributed by atoms with Crippen LogP contribution in [0.3, 0.4) is 0 Å². The van der Waals surface area contributed by atoms with Crippen LogP contribution in [0.4, 0.5) is 0 Å². The first-order valence-corrected chi connectivity index (χ1v) is 5.52. The summed E-state index contributed by atoms with van der Waals surface area (Å²) in [4.78, 5) is 20.8. The highest BCUT2D eigenvalue weighted by molar-refractivity contribution is 5.87. The largest absolute Gasteiger partial charge is 0.463 e. The van der Waals surface area contributed by atoms with Crippen LogP contribution in [0.5, 0.6) is 0 Å². The lowest BCUT2D eigenvalue weighted by Gasteiger charge is -1.96. The van der Waals surface area contributed by atoms with E-state index in [2.05, 4.69) is 22.6 Å². The first-order valence-electron chi connectivity index (χ1n) is 5.52. The van der Waals surface area contributed by atoms with Crippen molar-refractivity contribution in [2.24, 2.45) is 0 Å². The molecule has 0 radical (unpaired) electrons. The highest BCUT2D eigenvalue weighted by Gasteiger charge is 1.98. The van der Waals surface area contributed by atoms with Gasteiger partial charge in [0.15, 0.2) is 0 Å². The highest BCUT2D eigenvalue weighted by Crippen LogP contribution is 1.90. The van der Waals surface area contributed by atoms with Crippen molar-refractivity contribution < 1.29 is 19.1 Å². The number of carbonyl (C=O) groups is 2. The Balaban J connectivity index is -0.000000224. The Morgan fingerprint density at radius 3 is 1.21 bits per heavy atom. The van der Waals surface area contributed by atoms with Crippen molar-refractivity contribution in [2.45, 2.75) is 27.7 Å². The van der Waals surface area contributed by atoms with Gasteiger partial charge in [0, 0.05) is 11.1 Å². The third-order valence-electron chi connectivity index (χ3n) is 1.25. The fraction of sp³-hybridized carbons (Fsp3) is 0.462. The zero-order valence-electron chi connectivity index (χ0n) is 12.0. The predicted molar refractivity (Wildman–Crippen MR) is 73.3 cm³/mol. The molecule has 2 N–H and O–H groups in total. The summed E-state index contributed by atoms with van der Waals surface area (Å²) in [6.45, 7) is 14.4. The molecular formula is C13H22N2O4. The molecule has 0 heterocycles. The second-order valence-electron chi connectivity index (χ2n) is 3.13. The Labute approximate surface area is 114 Å². The molecule has 0 bridgehead atoms. The highest BCUT2D eigenvalue weighted by atomic mass is 16.5. The molecule has 0 atom stereocenters. The lowest BCUT2D eigenvalue weighted by molar-refractivity contribution is -0.139. The molecule has 0 aromatic rings. The monoisotopic (exact) mass is 270 g/mol. The Morgan fingerprint density at radius 2 is 1.16 bits per heavy atom. The molecule has 0 saturated heterocycles. The predicted octanol–water partition coefficient (Wildman–Crippen LogP) is 2.57. The van der Waals surface area contributed by atoms with Gasteiger partial charge in [-0.2, -0.15) is 0 Å². The maximum Gasteiger partial charge on any atom is 0.333 e. The lowest BCUT2D eigenvalue weighted by atomic mass is 10.4. The van der Waals surface area contributed by atoms with Crippen LogP contribution >= 0.6 is 0 Å². The van der Waals surface area contributed by atoms with E-state index in [1.807, 2.05) is 0 Å². The number of hydrogen-bond donors (Lipinski definition) is 2. The Hall–Kier alpha value is -2.20.